The molecule has 2 rings (SSSR count). The van der Waals surface area contributed by atoms with Crippen molar-refractivity contribution in [2.45, 2.75) is 12.7 Å². The summed E-state index contributed by atoms with van der Waals surface area (Å²) in [5, 5.41) is 3.22. The van der Waals surface area contributed by atoms with Crippen LogP contribution >= 0.6 is 23.4 Å². The van der Waals surface area contributed by atoms with E-state index in [4.69, 9.17) is 16.3 Å². The summed E-state index contributed by atoms with van der Waals surface area (Å²) in [5.41, 5.74) is 2.86. The molecule has 0 saturated heterocycles. The first kappa shape index (κ1) is 21.1. The van der Waals surface area contributed by atoms with E-state index in [1.807, 2.05) is 25.1 Å². The van der Waals surface area contributed by atoms with Crippen molar-refractivity contribution in [1.82, 2.24) is 4.90 Å². The van der Waals surface area contributed by atoms with E-state index in [0.717, 1.165) is 5.75 Å². The lowest BCUT2D eigenvalue weighted by molar-refractivity contribution is -0.131. The van der Waals surface area contributed by atoms with E-state index in [0.29, 0.717) is 22.2 Å². The Morgan fingerprint density at radius 2 is 2.00 bits per heavy atom. The second-order valence-corrected chi connectivity index (χ2v) is 7.55. The van der Waals surface area contributed by atoms with Crippen LogP contribution in [0.5, 0.6) is 5.75 Å². The fourth-order valence-electron chi connectivity index (χ4n) is 2.44. The molecule has 2 amide bonds. The average Bonchev–Trinajstić information content (AvgIpc) is 2.61. The monoisotopic (exact) mass is 406 g/mol. The van der Waals surface area contributed by atoms with Crippen LogP contribution < -0.4 is 10.1 Å². The summed E-state index contributed by atoms with van der Waals surface area (Å²) >= 11 is 7.49. The van der Waals surface area contributed by atoms with Crippen molar-refractivity contribution in [2.75, 3.05) is 31.8 Å². The number of halogens is 1. The Balaban J connectivity index is 1.81. The molecule has 0 aromatic heterocycles. The molecule has 2 aromatic rings. The minimum atomic E-state index is -0.310. The molecule has 0 aliphatic heterocycles. The predicted molar refractivity (Wildman–Crippen MR) is 112 cm³/mol. The molecular formula is C20H23ClN2O3S. The zero-order valence-electron chi connectivity index (χ0n) is 15.6. The molecule has 144 valence electrons. The molecule has 0 radical (unpaired) electrons. The van der Waals surface area contributed by atoms with Crippen molar-refractivity contribution in [3.05, 3.63) is 58.6 Å². The SMILES string of the molecule is COc1ccc(Cl)cc1NC(=O)CN(C)C(=O)CSCc1cccc(C)c1. The van der Waals surface area contributed by atoms with Crippen LogP contribution in [0, 0.1) is 6.92 Å². The summed E-state index contributed by atoms with van der Waals surface area (Å²) in [6.45, 7) is 2.00. The first-order chi connectivity index (χ1) is 12.9. The number of benzene rings is 2. The Labute approximate surface area is 169 Å². The summed E-state index contributed by atoms with van der Waals surface area (Å²) in [4.78, 5) is 25.9. The molecule has 0 fully saturated rings. The van der Waals surface area contributed by atoms with E-state index in [9.17, 15) is 9.59 Å². The van der Waals surface area contributed by atoms with Crippen molar-refractivity contribution in [3.63, 3.8) is 0 Å². The van der Waals surface area contributed by atoms with Crippen molar-refractivity contribution >= 4 is 40.9 Å². The van der Waals surface area contributed by atoms with Crippen molar-refractivity contribution in [3.8, 4) is 5.75 Å². The van der Waals surface area contributed by atoms with Gasteiger partial charge in [0.05, 0.1) is 25.1 Å². The highest BCUT2D eigenvalue weighted by Gasteiger charge is 2.15. The third-order valence-corrected chi connectivity index (χ3v) is 5.04. The Kier molecular flexibility index (Phi) is 8.00. The van der Waals surface area contributed by atoms with Gasteiger partial charge in [-0.05, 0) is 30.7 Å². The zero-order chi connectivity index (χ0) is 19.8. The van der Waals surface area contributed by atoms with Crippen molar-refractivity contribution in [1.29, 1.82) is 0 Å². The van der Waals surface area contributed by atoms with Crippen LogP contribution in [0.2, 0.25) is 5.02 Å². The zero-order valence-corrected chi connectivity index (χ0v) is 17.2. The van der Waals surface area contributed by atoms with E-state index in [1.165, 1.54) is 34.9 Å². The van der Waals surface area contributed by atoms with Gasteiger partial charge in [0.1, 0.15) is 5.75 Å². The number of carbonyl (C=O) groups excluding carboxylic acids is 2. The Bertz CT molecular complexity index is 814. The van der Waals surface area contributed by atoms with E-state index < -0.39 is 0 Å². The number of carbonyl (C=O) groups is 2. The molecule has 7 heteroatoms. The van der Waals surface area contributed by atoms with Gasteiger partial charge in [-0.15, -0.1) is 11.8 Å². The second-order valence-electron chi connectivity index (χ2n) is 6.12. The summed E-state index contributed by atoms with van der Waals surface area (Å²) < 4.78 is 5.20. The molecule has 0 aliphatic carbocycles. The van der Waals surface area contributed by atoms with Crippen LogP contribution in [0.4, 0.5) is 5.69 Å². The highest BCUT2D eigenvalue weighted by molar-refractivity contribution is 7.99. The van der Waals surface area contributed by atoms with Crippen LogP contribution in [0.1, 0.15) is 11.1 Å². The van der Waals surface area contributed by atoms with Crippen LogP contribution in [0.15, 0.2) is 42.5 Å². The second kappa shape index (κ2) is 10.2. The quantitative estimate of drug-likeness (QED) is 0.720. The summed E-state index contributed by atoms with van der Waals surface area (Å²) in [7, 11) is 3.13. The molecule has 27 heavy (non-hydrogen) atoms. The summed E-state index contributed by atoms with van der Waals surface area (Å²) in [6, 6.07) is 13.2. The molecule has 0 saturated carbocycles. The first-order valence-electron chi connectivity index (χ1n) is 8.39. The number of thioether (sulfide) groups is 1. The number of methoxy groups -OCH3 is 1. The standard InChI is InChI=1S/C20H23ClN2O3S/c1-14-5-4-6-15(9-14)12-27-13-20(25)23(2)11-19(24)22-17-10-16(21)7-8-18(17)26-3/h4-10H,11-13H2,1-3H3,(H,22,24). The van der Waals surface area contributed by atoms with E-state index >= 15 is 0 Å². The highest BCUT2D eigenvalue weighted by atomic mass is 35.5. The van der Waals surface area contributed by atoms with Gasteiger partial charge in [-0.3, -0.25) is 9.59 Å². The summed E-state index contributed by atoms with van der Waals surface area (Å²) in [5.74, 6) is 1.18. The molecule has 0 bridgehead atoms. The molecule has 0 heterocycles. The van der Waals surface area contributed by atoms with Gasteiger partial charge >= 0.3 is 0 Å². The maximum absolute atomic E-state index is 12.2. The lowest BCUT2D eigenvalue weighted by atomic mass is 10.2. The third kappa shape index (κ3) is 6.81. The number of amides is 2. The van der Waals surface area contributed by atoms with E-state index in [-0.39, 0.29) is 18.4 Å². The van der Waals surface area contributed by atoms with Gasteiger partial charge in [0.25, 0.3) is 0 Å². The van der Waals surface area contributed by atoms with Gasteiger partial charge in [-0.25, -0.2) is 0 Å². The Morgan fingerprint density at radius 3 is 2.70 bits per heavy atom. The number of nitrogens with one attached hydrogen (secondary N) is 1. The number of anilines is 1. The smallest absolute Gasteiger partial charge is 0.244 e. The molecule has 0 spiro atoms. The normalized spacial score (nSPS) is 10.4. The number of nitrogens with zero attached hydrogens (tertiary/aromatic N) is 1. The van der Waals surface area contributed by atoms with Gasteiger partial charge in [0, 0.05) is 17.8 Å². The minimum absolute atomic E-state index is 0.0422. The van der Waals surface area contributed by atoms with Gasteiger partial charge < -0.3 is 15.0 Å². The lowest BCUT2D eigenvalue weighted by Crippen LogP contribution is -2.36. The number of likely N-dealkylation sites (N-methyl/N-ethyl adjacent to an activating group) is 1. The van der Waals surface area contributed by atoms with Gasteiger partial charge in [0.15, 0.2) is 0 Å². The largest absolute Gasteiger partial charge is 0.495 e. The molecule has 0 unspecified atom stereocenters. The average molecular weight is 407 g/mol. The van der Waals surface area contributed by atoms with Crippen LogP contribution in [-0.2, 0) is 15.3 Å². The Hall–Kier alpha value is -2.18. The Morgan fingerprint density at radius 1 is 1.22 bits per heavy atom. The van der Waals surface area contributed by atoms with Crippen LogP contribution in [0.25, 0.3) is 0 Å². The number of ether oxygens (including phenoxy) is 1. The van der Waals surface area contributed by atoms with Crippen LogP contribution in [0.3, 0.4) is 0 Å². The number of rotatable bonds is 8. The fourth-order valence-corrected chi connectivity index (χ4v) is 3.52. The number of hydrogen-bond donors (Lipinski definition) is 1. The maximum atomic E-state index is 12.2. The summed E-state index contributed by atoms with van der Waals surface area (Å²) in [6.07, 6.45) is 0. The molecule has 1 N–H and O–H groups in total. The predicted octanol–water partition coefficient (Wildman–Crippen LogP) is 3.99. The topological polar surface area (TPSA) is 58.6 Å². The molecular weight excluding hydrogens is 384 g/mol. The minimum Gasteiger partial charge on any atom is -0.495 e. The van der Waals surface area contributed by atoms with Crippen molar-refractivity contribution in [2.24, 2.45) is 0 Å². The fraction of sp³-hybridized carbons (Fsp3) is 0.300. The third-order valence-electron chi connectivity index (χ3n) is 3.82. The number of aryl methyl sites for hydroxylation is 1. The molecule has 0 aliphatic rings. The van der Waals surface area contributed by atoms with Crippen molar-refractivity contribution < 1.29 is 14.3 Å². The molecule has 0 atom stereocenters. The molecule has 2 aromatic carbocycles. The maximum Gasteiger partial charge on any atom is 0.244 e. The lowest BCUT2D eigenvalue weighted by Gasteiger charge is -2.17. The van der Waals surface area contributed by atoms with E-state index in [1.54, 1.807) is 25.2 Å². The van der Waals surface area contributed by atoms with Gasteiger partial charge in [0.2, 0.25) is 11.8 Å². The van der Waals surface area contributed by atoms with Crippen LogP contribution in [-0.4, -0.2) is 43.2 Å². The first-order valence-corrected chi connectivity index (χ1v) is 9.93. The highest BCUT2D eigenvalue weighted by Crippen LogP contribution is 2.27. The van der Waals surface area contributed by atoms with E-state index in [2.05, 4.69) is 11.4 Å². The van der Waals surface area contributed by atoms with Gasteiger partial charge in [-0.2, -0.15) is 0 Å². The number of hydrogen-bond acceptors (Lipinski definition) is 4. The molecule has 5 nitrogen and oxygen atoms in total. The van der Waals surface area contributed by atoms with Gasteiger partial charge in [-0.1, -0.05) is 41.4 Å².